The van der Waals surface area contributed by atoms with Crippen molar-refractivity contribution in [3.05, 3.63) is 29.3 Å². The normalized spacial score (nSPS) is 29.5. The molecule has 1 aliphatic carbocycles. The lowest BCUT2D eigenvalue weighted by atomic mass is 10.1. The highest BCUT2D eigenvalue weighted by molar-refractivity contribution is 7.94. The van der Waals surface area contributed by atoms with Crippen molar-refractivity contribution in [1.29, 1.82) is 5.26 Å². The van der Waals surface area contributed by atoms with E-state index in [1.54, 1.807) is 4.90 Å². The van der Waals surface area contributed by atoms with E-state index in [0.717, 1.165) is 49.2 Å². The van der Waals surface area contributed by atoms with Gasteiger partial charge < -0.3 is 15.5 Å². The molecule has 2 amide bonds. The molecule has 0 radical (unpaired) electrons. The maximum absolute atomic E-state index is 13.3. The molecular weight excluding hydrogens is 444 g/mol. The fourth-order valence-corrected chi connectivity index (χ4v) is 6.41. The lowest BCUT2D eigenvalue weighted by molar-refractivity contribution is -0.195. The van der Waals surface area contributed by atoms with E-state index < -0.39 is 6.04 Å². The number of nitriles is 1. The first kappa shape index (κ1) is 22.6. The van der Waals surface area contributed by atoms with Gasteiger partial charge in [-0.2, -0.15) is 11.2 Å². The molecule has 33 heavy (non-hydrogen) atoms. The van der Waals surface area contributed by atoms with Gasteiger partial charge >= 0.3 is 0 Å². The number of benzene rings is 1. The number of hydrogen-bond acceptors (Lipinski definition) is 9. The molecule has 5 atom stereocenters. The first-order valence-corrected chi connectivity index (χ1v) is 12.1. The number of carbonyl (C=O) groups is 2. The van der Waals surface area contributed by atoms with Gasteiger partial charge in [-0.15, -0.1) is 9.32 Å². The quantitative estimate of drug-likeness (QED) is 0.332. The lowest BCUT2D eigenvalue weighted by Gasteiger charge is -2.38. The highest BCUT2D eigenvalue weighted by Crippen LogP contribution is 2.44. The highest BCUT2D eigenvalue weighted by atomic mass is 32.2. The van der Waals surface area contributed by atoms with E-state index in [1.807, 2.05) is 6.07 Å². The minimum absolute atomic E-state index is 0.0756. The Hall–Kier alpha value is -2.20. The molecule has 10 nitrogen and oxygen atoms in total. The third-order valence-electron chi connectivity index (χ3n) is 7.41. The fourth-order valence-electron chi connectivity index (χ4n) is 5.98. The van der Waals surface area contributed by atoms with Crippen molar-refractivity contribution in [2.75, 3.05) is 19.6 Å². The second-order valence-electron chi connectivity index (χ2n) is 9.19. The molecule has 3 fully saturated rings. The standard InChI is InChI=1S/C22H28N6O4S/c23-10-14-2-1-7-27(14)21(29)18(24)12-26-11-15-9-20(26)22(30)28(15)19-6-3-13-8-16(33-32-31-25)4-5-17(13)19/h4-5,8,14-15,18-20H,1-3,6-7,9,11-12,24-25H2/t14-,15?,18-,19-,20+/m0/s1. The molecule has 1 aromatic carbocycles. The van der Waals surface area contributed by atoms with Crippen LogP contribution in [0.15, 0.2) is 23.1 Å². The second kappa shape index (κ2) is 9.21. The van der Waals surface area contributed by atoms with Gasteiger partial charge in [0, 0.05) is 30.6 Å². The Morgan fingerprint density at radius 1 is 1.33 bits per heavy atom. The summed E-state index contributed by atoms with van der Waals surface area (Å²) in [5.74, 6) is 4.85. The van der Waals surface area contributed by atoms with E-state index in [0.29, 0.717) is 19.5 Å². The molecule has 0 saturated carbocycles. The summed E-state index contributed by atoms with van der Waals surface area (Å²) in [7, 11) is 0. The van der Waals surface area contributed by atoms with Gasteiger partial charge in [0.2, 0.25) is 11.8 Å². The summed E-state index contributed by atoms with van der Waals surface area (Å²) in [5, 5.41) is 9.26. The minimum Gasteiger partial charge on any atom is -0.330 e. The number of nitrogens with zero attached hydrogens (tertiary/aromatic N) is 4. The van der Waals surface area contributed by atoms with Crippen molar-refractivity contribution in [3.8, 4) is 6.07 Å². The van der Waals surface area contributed by atoms with Crippen LogP contribution in [0.3, 0.4) is 0 Å². The number of aryl methyl sites for hydroxylation is 1. The zero-order chi connectivity index (χ0) is 23.1. The summed E-state index contributed by atoms with van der Waals surface area (Å²) in [6, 6.07) is 7.13. The third-order valence-corrected chi connectivity index (χ3v) is 8.01. The number of carbonyl (C=O) groups excluding carboxylic acids is 2. The van der Waals surface area contributed by atoms with Crippen LogP contribution in [-0.2, 0) is 25.3 Å². The van der Waals surface area contributed by atoms with Gasteiger partial charge in [0.25, 0.3) is 0 Å². The van der Waals surface area contributed by atoms with Crippen LogP contribution in [0.25, 0.3) is 0 Å². The highest BCUT2D eigenvalue weighted by Gasteiger charge is 2.53. The summed E-state index contributed by atoms with van der Waals surface area (Å²) < 4.78 is 4.74. The molecule has 3 aliphatic heterocycles. The summed E-state index contributed by atoms with van der Waals surface area (Å²) in [6.45, 7) is 1.65. The van der Waals surface area contributed by atoms with Crippen LogP contribution in [-0.4, -0.2) is 70.3 Å². The van der Waals surface area contributed by atoms with E-state index in [2.05, 4.69) is 33.0 Å². The molecule has 4 N–H and O–H groups in total. The van der Waals surface area contributed by atoms with Crippen LogP contribution < -0.4 is 11.6 Å². The Morgan fingerprint density at radius 2 is 2.18 bits per heavy atom. The van der Waals surface area contributed by atoms with Crippen LogP contribution in [0.4, 0.5) is 0 Å². The molecule has 1 unspecified atom stereocenters. The molecule has 0 spiro atoms. The molecule has 1 aromatic rings. The average molecular weight is 473 g/mol. The Bertz CT molecular complexity index is 986. The van der Waals surface area contributed by atoms with Crippen LogP contribution >= 0.6 is 12.0 Å². The first-order chi connectivity index (χ1) is 16.0. The van der Waals surface area contributed by atoms with Crippen molar-refractivity contribution < 1.29 is 18.9 Å². The van der Waals surface area contributed by atoms with Gasteiger partial charge in [0.05, 0.1) is 36.2 Å². The van der Waals surface area contributed by atoms with Crippen LogP contribution in [0.2, 0.25) is 0 Å². The van der Waals surface area contributed by atoms with Crippen molar-refractivity contribution >= 4 is 23.9 Å². The largest absolute Gasteiger partial charge is 0.330 e. The van der Waals surface area contributed by atoms with Gasteiger partial charge in [-0.1, -0.05) is 6.07 Å². The molecule has 2 bridgehead atoms. The van der Waals surface area contributed by atoms with E-state index in [4.69, 9.17) is 16.0 Å². The fraction of sp³-hybridized carbons (Fsp3) is 0.591. The number of nitrogens with two attached hydrogens (primary N) is 2. The predicted molar refractivity (Wildman–Crippen MR) is 119 cm³/mol. The zero-order valence-electron chi connectivity index (χ0n) is 18.3. The van der Waals surface area contributed by atoms with Crippen molar-refractivity contribution in [3.63, 3.8) is 0 Å². The molecule has 176 valence electrons. The van der Waals surface area contributed by atoms with E-state index in [1.165, 1.54) is 11.1 Å². The molecule has 11 heteroatoms. The Balaban J connectivity index is 1.23. The molecule has 5 rings (SSSR count). The summed E-state index contributed by atoms with van der Waals surface area (Å²) in [5.41, 5.74) is 8.64. The average Bonchev–Trinajstić information content (AvgIpc) is 3.59. The SMILES string of the molecule is N#C[C@@H]1CCCN1C(=O)[C@@H](N)CN1CC2C[C@@H]1C(=O)N2[C@H]1CCc2cc(SOON)ccc21. The zero-order valence-corrected chi connectivity index (χ0v) is 19.1. The summed E-state index contributed by atoms with van der Waals surface area (Å²) >= 11 is 1.06. The Labute approximate surface area is 196 Å². The monoisotopic (exact) mass is 472 g/mol. The van der Waals surface area contributed by atoms with Crippen LogP contribution in [0, 0.1) is 11.3 Å². The molecule has 0 aromatic heterocycles. The number of hydrogen-bond donors (Lipinski definition) is 2. The number of rotatable bonds is 7. The van der Waals surface area contributed by atoms with Gasteiger partial charge in [0.1, 0.15) is 6.04 Å². The van der Waals surface area contributed by atoms with Gasteiger partial charge in [-0.25, -0.2) is 0 Å². The summed E-state index contributed by atoms with van der Waals surface area (Å²) in [4.78, 5) is 36.9. The summed E-state index contributed by atoms with van der Waals surface area (Å²) in [6.07, 6.45) is 4.10. The van der Waals surface area contributed by atoms with Gasteiger partial charge in [0.15, 0.2) is 0 Å². The van der Waals surface area contributed by atoms with Crippen molar-refractivity contribution in [2.24, 2.45) is 11.6 Å². The van der Waals surface area contributed by atoms with Crippen LogP contribution in [0.5, 0.6) is 0 Å². The number of amides is 2. The molecular formula is C22H28N6O4S. The maximum Gasteiger partial charge on any atom is 0.241 e. The predicted octanol–water partition coefficient (Wildman–Crippen LogP) is 0.630. The first-order valence-electron chi connectivity index (χ1n) is 11.4. The lowest BCUT2D eigenvalue weighted by Crippen LogP contribution is -2.56. The Kier molecular flexibility index (Phi) is 6.30. The third kappa shape index (κ3) is 4.01. The van der Waals surface area contributed by atoms with E-state index >= 15 is 0 Å². The number of piperazine rings is 1. The van der Waals surface area contributed by atoms with Gasteiger partial charge in [-0.3, -0.25) is 14.5 Å². The van der Waals surface area contributed by atoms with E-state index in [9.17, 15) is 14.9 Å². The van der Waals surface area contributed by atoms with Crippen molar-refractivity contribution in [2.45, 2.75) is 67.2 Å². The van der Waals surface area contributed by atoms with Crippen molar-refractivity contribution in [1.82, 2.24) is 14.7 Å². The molecule has 3 saturated heterocycles. The Morgan fingerprint density at radius 3 is 2.94 bits per heavy atom. The van der Waals surface area contributed by atoms with Gasteiger partial charge in [-0.05, 0) is 55.4 Å². The number of likely N-dealkylation sites (tertiary alicyclic amines) is 3. The molecule has 4 aliphatic rings. The van der Waals surface area contributed by atoms with E-state index in [-0.39, 0.29) is 36.0 Å². The van der Waals surface area contributed by atoms with Crippen LogP contribution in [0.1, 0.15) is 42.9 Å². The maximum atomic E-state index is 13.3. The number of fused-ring (bicyclic) bond motifs is 3. The molecule has 3 heterocycles. The minimum atomic E-state index is -0.720. The smallest absolute Gasteiger partial charge is 0.241 e. The topological polar surface area (TPSA) is 138 Å². The second-order valence-corrected chi connectivity index (χ2v) is 9.97.